The highest BCUT2D eigenvalue weighted by atomic mass is 32.2. The van der Waals surface area contributed by atoms with Crippen LogP contribution in [0.3, 0.4) is 0 Å². The van der Waals surface area contributed by atoms with Crippen molar-refractivity contribution in [2.75, 3.05) is 44.9 Å². The van der Waals surface area contributed by atoms with Crippen molar-refractivity contribution in [3.8, 4) is 6.07 Å². The number of aromatic nitrogens is 1. The molecule has 0 spiro atoms. The predicted molar refractivity (Wildman–Crippen MR) is 134 cm³/mol. The number of nitrogens with zero attached hydrogens (tertiary/aromatic N) is 4. The summed E-state index contributed by atoms with van der Waals surface area (Å²) in [5, 5.41) is 9.64. The number of thiocarbonyl (C=S) groups is 1. The van der Waals surface area contributed by atoms with Crippen LogP contribution in [0.4, 0.5) is 5.82 Å². The molecule has 0 saturated carbocycles. The zero-order chi connectivity index (χ0) is 25.0. The first-order valence-corrected chi connectivity index (χ1v) is 12.3. The Hall–Kier alpha value is -2.68. The number of methoxy groups -OCH3 is 1. The number of hydrogen-bond donors (Lipinski definition) is 0. The van der Waals surface area contributed by atoms with E-state index in [4.69, 9.17) is 21.7 Å². The Balaban J connectivity index is 2.10. The van der Waals surface area contributed by atoms with Crippen LogP contribution in [0.25, 0.3) is 6.08 Å². The molecule has 2 fully saturated rings. The summed E-state index contributed by atoms with van der Waals surface area (Å²) in [6, 6.07) is 2.00. The molecule has 1 aromatic rings. The van der Waals surface area contributed by atoms with Crippen LogP contribution in [-0.2, 0) is 26.1 Å². The molecule has 182 valence electrons. The van der Waals surface area contributed by atoms with Gasteiger partial charge in [0.15, 0.2) is 0 Å². The van der Waals surface area contributed by atoms with Crippen LogP contribution < -0.4 is 10.5 Å². The molecular formula is C23H28N4O5S2. The van der Waals surface area contributed by atoms with E-state index in [0.717, 1.165) is 6.42 Å². The largest absolute Gasteiger partial charge is 0.466 e. The molecule has 1 unspecified atom stereocenters. The molecule has 34 heavy (non-hydrogen) atoms. The molecule has 0 N–H and O–H groups in total. The Morgan fingerprint density at radius 1 is 1.38 bits per heavy atom. The maximum absolute atomic E-state index is 13.0. The number of thioether (sulfide) groups is 1. The third-order valence-electron chi connectivity index (χ3n) is 5.98. The first-order valence-electron chi connectivity index (χ1n) is 11.0. The maximum atomic E-state index is 13.0. The fourth-order valence-corrected chi connectivity index (χ4v) is 5.51. The summed E-state index contributed by atoms with van der Waals surface area (Å²) in [5.41, 5.74) is 0.681. The Morgan fingerprint density at radius 2 is 2.12 bits per heavy atom. The van der Waals surface area contributed by atoms with Gasteiger partial charge in [0, 0.05) is 32.8 Å². The van der Waals surface area contributed by atoms with E-state index >= 15 is 0 Å². The van der Waals surface area contributed by atoms with E-state index in [0.29, 0.717) is 65.4 Å². The zero-order valence-electron chi connectivity index (χ0n) is 19.8. The number of esters is 1. The summed E-state index contributed by atoms with van der Waals surface area (Å²) in [6.07, 6.45) is 3.15. The van der Waals surface area contributed by atoms with Crippen molar-refractivity contribution in [1.82, 2.24) is 9.47 Å². The van der Waals surface area contributed by atoms with Gasteiger partial charge in [0.2, 0.25) is 0 Å². The van der Waals surface area contributed by atoms with E-state index in [-0.39, 0.29) is 23.4 Å². The first kappa shape index (κ1) is 25.9. The molecule has 3 rings (SSSR count). The molecule has 1 aromatic heterocycles. The quantitative estimate of drug-likeness (QED) is 0.314. The second kappa shape index (κ2) is 11.2. The summed E-state index contributed by atoms with van der Waals surface area (Å²) in [6.45, 7) is 5.48. The van der Waals surface area contributed by atoms with Crippen molar-refractivity contribution < 1.29 is 19.1 Å². The lowest BCUT2D eigenvalue weighted by Crippen LogP contribution is -2.42. The summed E-state index contributed by atoms with van der Waals surface area (Å²) in [4.78, 5) is 42.3. The van der Waals surface area contributed by atoms with Gasteiger partial charge in [0.1, 0.15) is 21.8 Å². The molecule has 2 saturated heterocycles. The van der Waals surface area contributed by atoms with Crippen molar-refractivity contribution in [1.29, 1.82) is 5.26 Å². The van der Waals surface area contributed by atoms with Gasteiger partial charge in [-0.05, 0) is 38.3 Å². The third kappa shape index (κ3) is 5.04. The van der Waals surface area contributed by atoms with Crippen LogP contribution in [0, 0.1) is 24.2 Å². The molecule has 1 atom stereocenters. The van der Waals surface area contributed by atoms with Crippen LogP contribution in [0.1, 0.15) is 36.5 Å². The highest BCUT2D eigenvalue weighted by Crippen LogP contribution is 2.36. The van der Waals surface area contributed by atoms with E-state index in [1.165, 1.54) is 21.2 Å². The minimum absolute atomic E-state index is 0.0197. The van der Waals surface area contributed by atoms with Crippen molar-refractivity contribution in [2.45, 2.75) is 26.7 Å². The highest BCUT2D eigenvalue weighted by Gasteiger charge is 2.34. The number of amides is 1. The van der Waals surface area contributed by atoms with Gasteiger partial charge in [-0.15, -0.1) is 0 Å². The second-order valence-electron chi connectivity index (χ2n) is 8.08. The monoisotopic (exact) mass is 504 g/mol. The van der Waals surface area contributed by atoms with Crippen LogP contribution in [0.5, 0.6) is 0 Å². The van der Waals surface area contributed by atoms with Gasteiger partial charge < -0.3 is 14.4 Å². The lowest BCUT2D eigenvalue weighted by Gasteiger charge is -2.35. The van der Waals surface area contributed by atoms with Crippen LogP contribution in [0.15, 0.2) is 9.70 Å². The normalized spacial score (nSPS) is 19.6. The number of rotatable bonds is 7. The fraction of sp³-hybridized carbons (Fsp3) is 0.522. The summed E-state index contributed by atoms with van der Waals surface area (Å²) >= 11 is 6.56. The number of piperidine rings is 1. The van der Waals surface area contributed by atoms with Gasteiger partial charge in [0.25, 0.3) is 11.5 Å². The van der Waals surface area contributed by atoms with E-state index in [2.05, 4.69) is 0 Å². The fourth-order valence-electron chi connectivity index (χ4n) is 4.22. The smallest absolute Gasteiger partial charge is 0.310 e. The van der Waals surface area contributed by atoms with Gasteiger partial charge >= 0.3 is 5.97 Å². The molecule has 0 bridgehead atoms. The number of anilines is 1. The lowest BCUT2D eigenvalue weighted by atomic mass is 9.96. The Labute approximate surface area is 208 Å². The lowest BCUT2D eigenvalue weighted by molar-refractivity contribution is -0.148. The minimum atomic E-state index is -0.418. The van der Waals surface area contributed by atoms with Crippen molar-refractivity contribution in [3.63, 3.8) is 0 Å². The molecule has 0 radical (unpaired) electrons. The summed E-state index contributed by atoms with van der Waals surface area (Å²) in [7, 11) is 3.16. The van der Waals surface area contributed by atoms with E-state index in [9.17, 15) is 19.6 Å². The molecule has 11 heteroatoms. The SMILES string of the molecule is CCOC(=O)C1CCCN(c2c(C=C3SC(=S)N(CCOC)C3=O)c(C)c(C#N)c(=O)n2C)C1. The molecule has 2 aliphatic rings. The van der Waals surface area contributed by atoms with Crippen molar-refractivity contribution >= 4 is 52.1 Å². The molecule has 0 aromatic carbocycles. The predicted octanol–water partition coefficient (Wildman–Crippen LogP) is 2.19. The first-order chi connectivity index (χ1) is 16.2. The minimum Gasteiger partial charge on any atom is -0.466 e. The second-order valence-corrected chi connectivity index (χ2v) is 9.75. The molecule has 0 aliphatic carbocycles. The molecule has 1 amide bonds. The number of pyridine rings is 1. The standard InChI is InChI=1S/C23H28N4O5S2/c1-5-32-22(30)15-7-6-8-26(13-15)19-16(14(2)17(12-24)20(28)25(19)3)11-18-21(29)27(9-10-31-4)23(33)34-18/h11,15H,5-10,13H2,1-4H3. The van der Waals surface area contributed by atoms with Gasteiger partial charge in [-0.3, -0.25) is 23.9 Å². The summed E-state index contributed by atoms with van der Waals surface area (Å²) in [5.74, 6) is -0.256. The van der Waals surface area contributed by atoms with Crippen molar-refractivity contribution in [2.24, 2.45) is 13.0 Å². The van der Waals surface area contributed by atoms with Crippen LogP contribution >= 0.6 is 24.0 Å². The van der Waals surface area contributed by atoms with E-state index < -0.39 is 5.56 Å². The van der Waals surface area contributed by atoms with E-state index in [1.807, 2.05) is 11.0 Å². The zero-order valence-corrected chi connectivity index (χ0v) is 21.4. The average molecular weight is 505 g/mol. The van der Waals surface area contributed by atoms with Crippen LogP contribution in [0.2, 0.25) is 0 Å². The number of ether oxygens (including phenoxy) is 2. The molecule has 9 nitrogen and oxygen atoms in total. The van der Waals surface area contributed by atoms with Crippen LogP contribution in [-0.4, -0.2) is 65.6 Å². The average Bonchev–Trinajstić information content (AvgIpc) is 3.09. The Bertz CT molecular complexity index is 1140. The Morgan fingerprint density at radius 3 is 2.76 bits per heavy atom. The molecule has 3 heterocycles. The highest BCUT2D eigenvalue weighted by molar-refractivity contribution is 8.26. The van der Waals surface area contributed by atoms with Gasteiger partial charge in [-0.25, -0.2) is 0 Å². The van der Waals surface area contributed by atoms with Crippen molar-refractivity contribution in [3.05, 3.63) is 31.9 Å². The number of hydrogen-bond acceptors (Lipinski definition) is 9. The maximum Gasteiger partial charge on any atom is 0.310 e. The third-order valence-corrected chi connectivity index (χ3v) is 7.35. The topological polar surface area (TPSA) is 105 Å². The molecule has 2 aliphatic heterocycles. The van der Waals surface area contributed by atoms with Gasteiger partial charge in [0.05, 0.1) is 30.6 Å². The Kier molecular flexibility index (Phi) is 8.52. The number of nitriles is 1. The van der Waals surface area contributed by atoms with Gasteiger partial charge in [-0.2, -0.15) is 5.26 Å². The van der Waals surface area contributed by atoms with E-state index in [1.54, 1.807) is 34.1 Å². The summed E-state index contributed by atoms with van der Waals surface area (Å²) < 4.78 is 12.2. The molecular weight excluding hydrogens is 476 g/mol. The number of carbonyl (C=O) groups is 2. The van der Waals surface area contributed by atoms with Gasteiger partial charge in [-0.1, -0.05) is 24.0 Å². The number of carbonyl (C=O) groups excluding carboxylic acids is 2.